The predicted molar refractivity (Wildman–Crippen MR) is 106 cm³/mol. The number of nitrogens with one attached hydrogen (secondary N) is 1. The van der Waals surface area contributed by atoms with E-state index in [1.54, 1.807) is 11.8 Å². The number of benzene rings is 1. The van der Waals surface area contributed by atoms with Gasteiger partial charge in [0.15, 0.2) is 11.4 Å². The van der Waals surface area contributed by atoms with Crippen LogP contribution in [-0.4, -0.2) is 26.7 Å². The van der Waals surface area contributed by atoms with Crippen molar-refractivity contribution in [2.75, 3.05) is 11.1 Å². The lowest BCUT2D eigenvalue weighted by Crippen LogP contribution is -2.40. The number of rotatable bonds is 6. The van der Waals surface area contributed by atoms with Gasteiger partial charge in [0.05, 0.1) is 0 Å². The molecule has 134 valence electrons. The zero-order valence-electron chi connectivity index (χ0n) is 14.8. The minimum Gasteiger partial charge on any atom is -0.450 e. The van der Waals surface area contributed by atoms with E-state index < -0.39 is 5.72 Å². The standard InChI is InChI=1S/C18H23BrN4OS/c1-4-6-7-10-25-17-20-16-15(22-23-17)13-11-12(19)8-9-14(13)21-18(3,5-2)24-16/h8-9,11,21H,4-7,10H2,1-3H3. The molecule has 1 aromatic heterocycles. The number of anilines is 1. The van der Waals surface area contributed by atoms with Crippen molar-refractivity contribution in [3.05, 3.63) is 22.7 Å². The Morgan fingerprint density at radius 1 is 1.24 bits per heavy atom. The van der Waals surface area contributed by atoms with Crippen LogP contribution < -0.4 is 10.1 Å². The number of halogens is 1. The maximum atomic E-state index is 6.23. The molecule has 2 heterocycles. The predicted octanol–water partition coefficient (Wildman–Crippen LogP) is 5.51. The first-order valence-electron chi connectivity index (χ1n) is 8.69. The average Bonchev–Trinajstić information content (AvgIpc) is 2.72. The van der Waals surface area contributed by atoms with Crippen LogP contribution in [-0.2, 0) is 0 Å². The summed E-state index contributed by atoms with van der Waals surface area (Å²) in [6.07, 6.45) is 4.39. The molecule has 0 spiro atoms. The lowest BCUT2D eigenvalue weighted by Gasteiger charge is -2.29. The van der Waals surface area contributed by atoms with Gasteiger partial charge in [-0.15, -0.1) is 10.2 Å². The third-order valence-corrected chi connectivity index (χ3v) is 5.66. The fourth-order valence-corrected chi connectivity index (χ4v) is 3.76. The van der Waals surface area contributed by atoms with Crippen LogP contribution in [0.5, 0.6) is 5.88 Å². The number of ether oxygens (including phenoxy) is 1. The minimum absolute atomic E-state index is 0.534. The molecule has 0 aliphatic carbocycles. The molecule has 7 heteroatoms. The van der Waals surface area contributed by atoms with Gasteiger partial charge in [-0.1, -0.05) is 54.4 Å². The summed E-state index contributed by atoms with van der Waals surface area (Å²) >= 11 is 5.17. The van der Waals surface area contributed by atoms with E-state index in [1.807, 2.05) is 25.1 Å². The molecule has 0 amide bonds. The molecule has 1 unspecified atom stereocenters. The molecule has 5 nitrogen and oxygen atoms in total. The Balaban J connectivity index is 1.97. The molecule has 0 fully saturated rings. The van der Waals surface area contributed by atoms with Crippen molar-refractivity contribution < 1.29 is 4.74 Å². The number of aromatic nitrogens is 3. The summed E-state index contributed by atoms with van der Waals surface area (Å²) in [6.45, 7) is 6.32. The van der Waals surface area contributed by atoms with E-state index in [0.29, 0.717) is 16.7 Å². The van der Waals surface area contributed by atoms with Gasteiger partial charge in [0.25, 0.3) is 0 Å². The molecule has 0 radical (unpaired) electrons. The lowest BCUT2D eigenvalue weighted by atomic mass is 10.1. The summed E-state index contributed by atoms with van der Waals surface area (Å²) in [5.74, 6) is 1.54. The molecule has 25 heavy (non-hydrogen) atoms. The van der Waals surface area contributed by atoms with Crippen molar-refractivity contribution in [1.82, 2.24) is 15.2 Å². The van der Waals surface area contributed by atoms with Crippen LogP contribution in [0.25, 0.3) is 11.3 Å². The van der Waals surface area contributed by atoms with Gasteiger partial charge in [-0.05, 0) is 31.5 Å². The first-order chi connectivity index (χ1) is 12.0. The van der Waals surface area contributed by atoms with E-state index in [2.05, 4.69) is 50.3 Å². The normalized spacial score (nSPS) is 18.6. The molecule has 1 atom stereocenters. The van der Waals surface area contributed by atoms with Crippen LogP contribution >= 0.6 is 27.7 Å². The zero-order chi connectivity index (χ0) is 17.9. The van der Waals surface area contributed by atoms with Gasteiger partial charge in [0, 0.05) is 27.9 Å². The number of hydrogen-bond acceptors (Lipinski definition) is 6. The fourth-order valence-electron chi connectivity index (χ4n) is 2.62. The fraction of sp³-hybridized carbons (Fsp3) is 0.500. The smallest absolute Gasteiger partial charge is 0.247 e. The summed E-state index contributed by atoms with van der Waals surface area (Å²) in [4.78, 5) is 4.65. The Kier molecular flexibility index (Phi) is 5.84. The Hall–Kier alpha value is -1.34. The number of nitrogens with zero attached hydrogens (tertiary/aromatic N) is 3. The molecule has 1 aliphatic rings. The van der Waals surface area contributed by atoms with Crippen molar-refractivity contribution in [3.8, 4) is 17.1 Å². The van der Waals surface area contributed by atoms with E-state index in [0.717, 1.165) is 34.3 Å². The molecule has 1 N–H and O–H groups in total. The summed E-state index contributed by atoms with van der Waals surface area (Å²) in [5, 5.41) is 12.9. The molecule has 0 saturated heterocycles. The average molecular weight is 423 g/mol. The molecule has 0 saturated carbocycles. The van der Waals surface area contributed by atoms with Gasteiger partial charge < -0.3 is 10.1 Å². The minimum atomic E-state index is -0.534. The Bertz CT molecular complexity index is 758. The highest BCUT2D eigenvalue weighted by Gasteiger charge is 2.32. The third kappa shape index (κ3) is 4.26. The molecule has 2 aromatic rings. The van der Waals surface area contributed by atoms with E-state index >= 15 is 0 Å². The molecule has 1 aromatic carbocycles. The number of fused-ring (bicyclic) bond motifs is 3. The molecule has 0 bridgehead atoms. The Labute approximate surface area is 161 Å². The largest absolute Gasteiger partial charge is 0.450 e. The zero-order valence-corrected chi connectivity index (χ0v) is 17.2. The number of unbranched alkanes of at least 4 members (excludes halogenated alkanes) is 2. The third-order valence-electron chi connectivity index (χ3n) is 4.25. The highest BCUT2D eigenvalue weighted by Crippen LogP contribution is 2.40. The second-order valence-electron chi connectivity index (χ2n) is 6.31. The lowest BCUT2D eigenvalue weighted by molar-refractivity contribution is 0.109. The van der Waals surface area contributed by atoms with Crippen LogP contribution in [0.4, 0.5) is 5.69 Å². The Morgan fingerprint density at radius 2 is 2.08 bits per heavy atom. The van der Waals surface area contributed by atoms with Crippen LogP contribution in [0.2, 0.25) is 0 Å². The molecule has 1 aliphatic heterocycles. The van der Waals surface area contributed by atoms with E-state index in [1.165, 1.54) is 12.8 Å². The highest BCUT2D eigenvalue weighted by atomic mass is 79.9. The maximum Gasteiger partial charge on any atom is 0.247 e. The van der Waals surface area contributed by atoms with Crippen molar-refractivity contribution in [2.24, 2.45) is 0 Å². The van der Waals surface area contributed by atoms with E-state index in [-0.39, 0.29) is 0 Å². The first-order valence-corrected chi connectivity index (χ1v) is 10.5. The van der Waals surface area contributed by atoms with Crippen molar-refractivity contribution in [3.63, 3.8) is 0 Å². The van der Waals surface area contributed by atoms with Crippen molar-refractivity contribution in [2.45, 2.75) is 57.3 Å². The second-order valence-corrected chi connectivity index (χ2v) is 8.28. The SMILES string of the molecule is CCCCCSc1nnc2c(n1)OC(C)(CC)Nc1ccc(Br)cc1-2. The van der Waals surface area contributed by atoms with E-state index in [4.69, 9.17) is 4.74 Å². The van der Waals surface area contributed by atoms with Crippen LogP contribution in [0, 0.1) is 0 Å². The quantitative estimate of drug-likeness (QED) is 0.488. The van der Waals surface area contributed by atoms with Crippen LogP contribution in [0.15, 0.2) is 27.8 Å². The second kappa shape index (κ2) is 7.91. The molecular weight excluding hydrogens is 400 g/mol. The first kappa shape index (κ1) is 18.5. The van der Waals surface area contributed by atoms with Gasteiger partial charge in [0.2, 0.25) is 11.0 Å². The molecule has 3 rings (SSSR count). The van der Waals surface area contributed by atoms with Gasteiger partial charge >= 0.3 is 0 Å². The number of hydrogen-bond donors (Lipinski definition) is 1. The summed E-state index contributed by atoms with van der Waals surface area (Å²) in [7, 11) is 0. The summed E-state index contributed by atoms with van der Waals surface area (Å²) in [6, 6.07) is 6.06. The van der Waals surface area contributed by atoms with E-state index in [9.17, 15) is 0 Å². The van der Waals surface area contributed by atoms with Gasteiger partial charge in [-0.25, -0.2) is 0 Å². The van der Waals surface area contributed by atoms with Crippen LogP contribution in [0.3, 0.4) is 0 Å². The van der Waals surface area contributed by atoms with Gasteiger partial charge in [0.1, 0.15) is 0 Å². The monoisotopic (exact) mass is 422 g/mol. The summed E-state index contributed by atoms with van der Waals surface area (Å²) < 4.78 is 7.22. The van der Waals surface area contributed by atoms with Crippen molar-refractivity contribution in [1.29, 1.82) is 0 Å². The van der Waals surface area contributed by atoms with Crippen molar-refractivity contribution >= 4 is 33.4 Å². The summed E-state index contributed by atoms with van der Waals surface area (Å²) in [5.41, 5.74) is 2.07. The topological polar surface area (TPSA) is 59.9 Å². The number of thioether (sulfide) groups is 1. The van der Waals surface area contributed by atoms with Crippen LogP contribution in [0.1, 0.15) is 46.5 Å². The van der Waals surface area contributed by atoms with Gasteiger partial charge in [-0.2, -0.15) is 4.98 Å². The molecular formula is C18H23BrN4OS. The van der Waals surface area contributed by atoms with Gasteiger partial charge in [-0.3, -0.25) is 0 Å². The maximum absolute atomic E-state index is 6.23. The Morgan fingerprint density at radius 3 is 2.84 bits per heavy atom. The highest BCUT2D eigenvalue weighted by molar-refractivity contribution is 9.10.